The van der Waals surface area contributed by atoms with Crippen molar-refractivity contribution in [2.75, 3.05) is 5.32 Å². The molecule has 0 saturated carbocycles. The minimum Gasteiger partial charge on any atom is -0.362 e. The summed E-state index contributed by atoms with van der Waals surface area (Å²) >= 11 is 0. The fourth-order valence-corrected chi connectivity index (χ4v) is 1.99. The molecule has 1 aromatic carbocycles. The van der Waals surface area contributed by atoms with Crippen molar-refractivity contribution in [3.8, 4) is 0 Å². The topological polar surface area (TPSA) is 68.1 Å². The number of hydrogen-bond donors (Lipinski definition) is 1. The smallest absolute Gasteiger partial charge is 0.311 e. The molecule has 0 saturated heterocycles. The number of nitrogens with zero attached hydrogens (tertiary/aromatic N) is 2. The van der Waals surface area contributed by atoms with Crippen molar-refractivity contribution in [3.63, 3.8) is 0 Å². The average Bonchev–Trinajstić information content (AvgIpc) is 2.46. The van der Waals surface area contributed by atoms with E-state index in [0.29, 0.717) is 5.82 Å². The molecule has 5 heteroatoms. The number of rotatable bonds is 6. The number of benzene rings is 1. The van der Waals surface area contributed by atoms with Crippen LogP contribution in [0.15, 0.2) is 48.7 Å². The predicted molar refractivity (Wildman–Crippen MR) is 78.7 cm³/mol. The summed E-state index contributed by atoms with van der Waals surface area (Å²) in [5, 5.41) is 14.0. The van der Waals surface area contributed by atoms with Crippen molar-refractivity contribution in [1.82, 2.24) is 4.98 Å². The zero-order valence-corrected chi connectivity index (χ0v) is 11.3. The van der Waals surface area contributed by atoms with Crippen LogP contribution in [-0.4, -0.2) is 15.9 Å². The molecule has 104 valence electrons. The molecule has 0 bridgehead atoms. The van der Waals surface area contributed by atoms with Crippen LogP contribution < -0.4 is 5.32 Å². The molecule has 20 heavy (non-hydrogen) atoms. The van der Waals surface area contributed by atoms with Gasteiger partial charge in [-0.05, 0) is 31.4 Å². The maximum atomic E-state index is 10.9. The van der Waals surface area contributed by atoms with Crippen LogP contribution in [0.4, 0.5) is 11.5 Å². The Morgan fingerprint density at radius 1 is 1.25 bits per heavy atom. The third-order valence-electron chi connectivity index (χ3n) is 3.08. The molecule has 0 spiro atoms. The van der Waals surface area contributed by atoms with E-state index in [9.17, 15) is 10.1 Å². The van der Waals surface area contributed by atoms with E-state index in [2.05, 4.69) is 22.4 Å². The van der Waals surface area contributed by atoms with Crippen molar-refractivity contribution in [3.05, 3.63) is 64.3 Å². The Labute approximate surface area is 117 Å². The Morgan fingerprint density at radius 3 is 2.70 bits per heavy atom. The van der Waals surface area contributed by atoms with E-state index < -0.39 is 4.92 Å². The Hall–Kier alpha value is -2.43. The molecular weight excluding hydrogens is 254 g/mol. The second-order valence-corrected chi connectivity index (χ2v) is 4.70. The minimum absolute atomic E-state index is 0.0130. The summed E-state index contributed by atoms with van der Waals surface area (Å²) in [7, 11) is 0. The highest BCUT2D eigenvalue weighted by molar-refractivity contribution is 5.55. The molecule has 0 radical (unpaired) electrons. The Kier molecular flexibility index (Phi) is 4.65. The molecule has 0 aliphatic heterocycles. The van der Waals surface area contributed by atoms with Gasteiger partial charge in [-0.15, -0.1) is 0 Å². The van der Waals surface area contributed by atoms with E-state index in [1.54, 1.807) is 12.3 Å². The van der Waals surface area contributed by atoms with Gasteiger partial charge in [-0.3, -0.25) is 10.1 Å². The molecule has 2 aromatic rings. The van der Waals surface area contributed by atoms with E-state index in [0.717, 1.165) is 12.8 Å². The van der Waals surface area contributed by atoms with Gasteiger partial charge >= 0.3 is 5.69 Å². The average molecular weight is 271 g/mol. The van der Waals surface area contributed by atoms with E-state index in [-0.39, 0.29) is 11.7 Å². The molecule has 1 aromatic heterocycles. The third-order valence-corrected chi connectivity index (χ3v) is 3.08. The molecule has 1 N–H and O–H groups in total. The second-order valence-electron chi connectivity index (χ2n) is 4.70. The fourth-order valence-electron chi connectivity index (χ4n) is 1.99. The van der Waals surface area contributed by atoms with Crippen LogP contribution in [0.25, 0.3) is 0 Å². The van der Waals surface area contributed by atoms with E-state index >= 15 is 0 Å². The number of nitrogens with one attached hydrogen (secondary N) is 1. The monoisotopic (exact) mass is 271 g/mol. The van der Waals surface area contributed by atoms with E-state index in [1.165, 1.54) is 11.6 Å². The van der Waals surface area contributed by atoms with Gasteiger partial charge in [0, 0.05) is 18.3 Å². The van der Waals surface area contributed by atoms with Gasteiger partial charge in [-0.25, -0.2) is 4.98 Å². The van der Waals surface area contributed by atoms with Crippen LogP contribution in [0.2, 0.25) is 0 Å². The van der Waals surface area contributed by atoms with Crippen molar-refractivity contribution in [2.45, 2.75) is 25.8 Å². The summed E-state index contributed by atoms with van der Waals surface area (Å²) in [4.78, 5) is 14.5. The Bertz CT molecular complexity index is 572. The normalized spacial score (nSPS) is 11.8. The number of aryl methyl sites for hydroxylation is 1. The quantitative estimate of drug-likeness (QED) is 0.645. The lowest BCUT2D eigenvalue weighted by molar-refractivity contribution is -0.384. The first-order valence-corrected chi connectivity index (χ1v) is 6.56. The molecular formula is C15H17N3O2. The van der Waals surface area contributed by atoms with Gasteiger partial charge < -0.3 is 5.32 Å². The molecule has 0 aliphatic rings. The lowest BCUT2D eigenvalue weighted by atomic mass is 10.1. The van der Waals surface area contributed by atoms with Gasteiger partial charge in [0.05, 0.1) is 4.92 Å². The van der Waals surface area contributed by atoms with Crippen LogP contribution >= 0.6 is 0 Å². The van der Waals surface area contributed by atoms with Gasteiger partial charge in [-0.2, -0.15) is 0 Å². The summed E-state index contributed by atoms with van der Waals surface area (Å²) in [5.41, 5.74) is 1.27. The highest BCUT2D eigenvalue weighted by Crippen LogP contribution is 2.21. The number of pyridine rings is 1. The number of hydrogen-bond acceptors (Lipinski definition) is 4. The standard InChI is InChI=1S/C15H17N3O2/c1-12(9-10-13-6-3-2-4-7-13)17-15-14(18(19)20)8-5-11-16-15/h2-8,11-12H,9-10H2,1H3,(H,16,17). The summed E-state index contributed by atoms with van der Waals surface area (Å²) in [6.07, 6.45) is 3.37. The van der Waals surface area contributed by atoms with E-state index in [4.69, 9.17) is 0 Å². The zero-order valence-electron chi connectivity index (χ0n) is 11.3. The lowest BCUT2D eigenvalue weighted by Gasteiger charge is -2.14. The summed E-state index contributed by atoms with van der Waals surface area (Å²) in [5.74, 6) is 0.332. The van der Waals surface area contributed by atoms with Crippen LogP contribution in [-0.2, 0) is 6.42 Å². The van der Waals surface area contributed by atoms with Crippen molar-refractivity contribution >= 4 is 11.5 Å². The molecule has 2 rings (SSSR count). The Morgan fingerprint density at radius 2 is 2.00 bits per heavy atom. The van der Waals surface area contributed by atoms with Gasteiger partial charge in [0.25, 0.3) is 0 Å². The highest BCUT2D eigenvalue weighted by atomic mass is 16.6. The molecule has 5 nitrogen and oxygen atoms in total. The van der Waals surface area contributed by atoms with Gasteiger partial charge in [0.15, 0.2) is 0 Å². The summed E-state index contributed by atoms with van der Waals surface area (Å²) in [6.45, 7) is 2.00. The Balaban J connectivity index is 1.95. The van der Waals surface area contributed by atoms with E-state index in [1.807, 2.05) is 25.1 Å². The van der Waals surface area contributed by atoms with Crippen molar-refractivity contribution < 1.29 is 4.92 Å². The van der Waals surface area contributed by atoms with Gasteiger partial charge in [0.1, 0.15) is 0 Å². The molecule has 1 atom stereocenters. The highest BCUT2D eigenvalue weighted by Gasteiger charge is 2.15. The SMILES string of the molecule is CC(CCc1ccccc1)Nc1ncccc1[N+](=O)[O-]. The lowest BCUT2D eigenvalue weighted by Crippen LogP contribution is -2.17. The van der Waals surface area contributed by atoms with Crippen molar-refractivity contribution in [2.24, 2.45) is 0 Å². The first-order chi connectivity index (χ1) is 9.66. The fraction of sp³-hybridized carbons (Fsp3) is 0.267. The molecule has 1 unspecified atom stereocenters. The number of aromatic nitrogens is 1. The molecule has 0 fully saturated rings. The summed E-state index contributed by atoms with van der Waals surface area (Å²) in [6, 6.07) is 13.3. The molecule has 0 amide bonds. The van der Waals surface area contributed by atoms with Crippen LogP contribution in [0, 0.1) is 10.1 Å². The summed E-state index contributed by atoms with van der Waals surface area (Å²) < 4.78 is 0. The second kappa shape index (κ2) is 6.65. The third kappa shape index (κ3) is 3.78. The van der Waals surface area contributed by atoms with Crippen LogP contribution in [0.5, 0.6) is 0 Å². The molecule has 1 heterocycles. The number of anilines is 1. The largest absolute Gasteiger partial charge is 0.362 e. The first kappa shape index (κ1) is 14.0. The van der Waals surface area contributed by atoms with Crippen molar-refractivity contribution in [1.29, 1.82) is 0 Å². The number of nitro groups is 1. The maximum absolute atomic E-state index is 10.9. The van der Waals surface area contributed by atoms with Gasteiger partial charge in [0.2, 0.25) is 5.82 Å². The first-order valence-electron chi connectivity index (χ1n) is 6.56. The zero-order chi connectivity index (χ0) is 14.4. The van der Waals surface area contributed by atoms with Crippen LogP contribution in [0.1, 0.15) is 18.9 Å². The predicted octanol–water partition coefficient (Wildman–Crippen LogP) is 3.42. The van der Waals surface area contributed by atoms with Crippen LogP contribution in [0.3, 0.4) is 0 Å². The molecule has 0 aliphatic carbocycles. The maximum Gasteiger partial charge on any atom is 0.311 e. The van der Waals surface area contributed by atoms with Gasteiger partial charge in [-0.1, -0.05) is 30.3 Å². The minimum atomic E-state index is -0.417.